The third-order valence-electron chi connectivity index (χ3n) is 5.53. The number of aliphatic hydroxyl groups is 1. The van der Waals surface area contributed by atoms with Crippen LogP contribution in [0.5, 0.6) is 0 Å². The number of hydrogen-bond donors (Lipinski definition) is 4. The second-order valence-corrected chi connectivity index (χ2v) is 7.27. The molecule has 0 saturated carbocycles. The van der Waals surface area contributed by atoms with E-state index in [2.05, 4.69) is 10.3 Å². The van der Waals surface area contributed by atoms with Gasteiger partial charge in [0.05, 0.1) is 18.5 Å². The largest absolute Gasteiger partial charge is 0.503 e. The summed E-state index contributed by atoms with van der Waals surface area (Å²) in [5.41, 5.74) is 18.7. The Kier molecular flexibility index (Phi) is 5.56. The molecule has 7 nitrogen and oxygen atoms in total. The molecular weight excluding hydrogens is 380 g/mol. The standard InChI is InChI=1S/C23H26N4O3/c1-11-13(3)17(8-6-15(11)24)26-19-10-20(22(29)23(30-5)21(19)28)27-18-9-7-16(25)12(2)14(18)4/h6-10,26,29H,24-25H2,1-5H3/b27-20-. The summed E-state index contributed by atoms with van der Waals surface area (Å²) in [6.45, 7) is 7.64. The first-order chi connectivity index (χ1) is 14.1. The number of carbonyl (C=O) groups is 1. The van der Waals surface area contributed by atoms with E-state index in [4.69, 9.17) is 16.2 Å². The second kappa shape index (κ2) is 7.94. The highest BCUT2D eigenvalue weighted by atomic mass is 16.5. The molecule has 0 saturated heterocycles. The Morgan fingerprint density at radius 1 is 0.933 bits per heavy atom. The van der Waals surface area contributed by atoms with Crippen LogP contribution in [0.4, 0.5) is 22.7 Å². The number of allylic oxidation sites excluding steroid dienone is 1. The molecule has 156 valence electrons. The molecule has 0 fully saturated rings. The monoisotopic (exact) mass is 406 g/mol. The lowest BCUT2D eigenvalue weighted by Crippen LogP contribution is -2.24. The van der Waals surface area contributed by atoms with Crippen LogP contribution in [0.1, 0.15) is 22.3 Å². The van der Waals surface area contributed by atoms with Crippen molar-refractivity contribution in [3.63, 3.8) is 0 Å². The summed E-state index contributed by atoms with van der Waals surface area (Å²) in [6.07, 6.45) is 1.51. The molecule has 3 rings (SSSR count). The van der Waals surface area contributed by atoms with Crippen molar-refractivity contribution in [1.82, 2.24) is 0 Å². The molecule has 2 aromatic carbocycles. The number of rotatable bonds is 4. The van der Waals surface area contributed by atoms with E-state index in [1.165, 1.54) is 13.2 Å². The fourth-order valence-electron chi connectivity index (χ4n) is 3.18. The van der Waals surface area contributed by atoms with Crippen molar-refractivity contribution in [2.45, 2.75) is 27.7 Å². The molecule has 30 heavy (non-hydrogen) atoms. The van der Waals surface area contributed by atoms with Crippen molar-refractivity contribution < 1.29 is 14.6 Å². The Morgan fingerprint density at radius 2 is 1.53 bits per heavy atom. The van der Waals surface area contributed by atoms with Gasteiger partial charge < -0.3 is 26.6 Å². The van der Waals surface area contributed by atoms with Gasteiger partial charge in [0.1, 0.15) is 5.71 Å². The Balaban J connectivity index is 2.10. The molecule has 0 amide bonds. The average Bonchev–Trinajstić information content (AvgIpc) is 2.72. The van der Waals surface area contributed by atoms with E-state index >= 15 is 0 Å². The van der Waals surface area contributed by atoms with E-state index in [-0.39, 0.29) is 22.9 Å². The number of Topliss-reactive ketones (excluding diaryl/α,β-unsaturated/α-hetero) is 1. The number of hydrogen-bond acceptors (Lipinski definition) is 7. The van der Waals surface area contributed by atoms with E-state index in [1.54, 1.807) is 24.3 Å². The molecular formula is C23H26N4O3. The van der Waals surface area contributed by atoms with Crippen molar-refractivity contribution in [3.05, 3.63) is 69.8 Å². The fourth-order valence-corrected chi connectivity index (χ4v) is 3.18. The number of nitrogen functional groups attached to an aromatic ring is 2. The predicted molar refractivity (Wildman–Crippen MR) is 121 cm³/mol. The van der Waals surface area contributed by atoms with E-state index in [9.17, 15) is 9.90 Å². The van der Waals surface area contributed by atoms with Gasteiger partial charge in [-0.05, 0) is 80.3 Å². The highest BCUT2D eigenvalue weighted by molar-refractivity contribution is 6.24. The van der Waals surface area contributed by atoms with Crippen LogP contribution in [0, 0.1) is 27.7 Å². The second-order valence-electron chi connectivity index (χ2n) is 7.27. The Morgan fingerprint density at radius 3 is 2.17 bits per heavy atom. The third-order valence-corrected chi connectivity index (χ3v) is 5.53. The maximum atomic E-state index is 12.8. The molecule has 0 aromatic heterocycles. The van der Waals surface area contributed by atoms with E-state index in [0.29, 0.717) is 17.1 Å². The minimum Gasteiger partial charge on any atom is -0.503 e. The van der Waals surface area contributed by atoms with Gasteiger partial charge in [0.15, 0.2) is 5.76 Å². The van der Waals surface area contributed by atoms with Gasteiger partial charge in [-0.3, -0.25) is 4.79 Å². The van der Waals surface area contributed by atoms with Crippen molar-refractivity contribution >= 4 is 34.2 Å². The van der Waals surface area contributed by atoms with Crippen molar-refractivity contribution in [2.75, 3.05) is 23.9 Å². The summed E-state index contributed by atoms with van der Waals surface area (Å²) in [5, 5.41) is 13.7. The first-order valence-corrected chi connectivity index (χ1v) is 9.46. The molecule has 2 aromatic rings. The Hall–Kier alpha value is -3.74. The summed E-state index contributed by atoms with van der Waals surface area (Å²) in [7, 11) is 1.33. The van der Waals surface area contributed by atoms with E-state index in [0.717, 1.165) is 27.9 Å². The molecule has 0 aliphatic heterocycles. The van der Waals surface area contributed by atoms with Gasteiger partial charge in [0, 0.05) is 17.1 Å². The van der Waals surface area contributed by atoms with Gasteiger partial charge in [0.25, 0.3) is 0 Å². The van der Waals surface area contributed by atoms with Crippen LogP contribution in [-0.2, 0) is 9.53 Å². The number of nitrogens with zero attached hydrogens (tertiary/aromatic N) is 1. The van der Waals surface area contributed by atoms with Crippen molar-refractivity contribution in [2.24, 2.45) is 4.99 Å². The normalized spacial score (nSPS) is 15.4. The lowest BCUT2D eigenvalue weighted by atomic mass is 10.0. The minimum absolute atomic E-state index is 0.173. The number of methoxy groups -OCH3 is 1. The SMILES string of the molecule is COC1=C(O)/C(=N\c2ccc(N)c(C)c2C)C=C(Nc2ccc(N)c(C)c2C)C1=O. The first kappa shape index (κ1) is 21.0. The lowest BCUT2D eigenvalue weighted by Gasteiger charge is -2.20. The Labute approximate surface area is 175 Å². The molecule has 1 aliphatic carbocycles. The molecule has 0 spiro atoms. The molecule has 0 unspecified atom stereocenters. The van der Waals surface area contributed by atoms with Crippen LogP contribution in [-0.4, -0.2) is 23.7 Å². The molecule has 0 radical (unpaired) electrons. The summed E-state index contributed by atoms with van der Waals surface area (Å²) < 4.78 is 5.18. The first-order valence-electron chi connectivity index (χ1n) is 9.46. The maximum Gasteiger partial charge on any atom is 0.247 e. The fraction of sp³-hybridized carbons (Fsp3) is 0.217. The van der Waals surface area contributed by atoms with Gasteiger partial charge in [-0.1, -0.05) is 0 Å². The molecule has 0 bridgehead atoms. The van der Waals surface area contributed by atoms with Gasteiger partial charge in [0.2, 0.25) is 11.5 Å². The smallest absolute Gasteiger partial charge is 0.247 e. The molecule has 6 N–H and O–H groups in total. The number of ether oxygens (including phenoxy) is 1. The highest BCUT2D eigenvalue weighted by Gasteiger charge is 2.29. The number of nitrogens with two attached hydrogens (primary N) is 2. The number of aliphatic hydroxyl groups excluding tert-OH is 1. The van der Waals surface area contributed by atoms with E-state index < -0.39 is 5.78 Å². The Bertz CT molecular complexity index is 1140. The summed E-state index contributed by atoms with van der Waals surface area (Å²) in [5.74, 6) is -0.950. The van der Waals surface area contributed by atoms with Crippen LogP contribution >= 0.6 is 0 Å². The number of nitrogens with one attached hydrogen (secondary N) is 1. The number of carbonyl (C=O) groups excluding carboxylic acids is 1. The lowest BCUT2D eigenvalue weighted by molar-refractivity contribution is -0.115. The number of aliphatic imine (C=N–C) groups is 1. The zero-order valence-corrected chi connectivity index (χ0v) is 17.8. The van der Waals surface area contributed by atoms with Gasteiger partial charge >= 0.3 is 0 Å². The number of benzene rings is 2. The average molecular weight is 406 g/mol. The van der Waals surface area contributed by atoms with Gasteiger partial charge in [-0.15, -0.1) is 0 Å². The maximum absolute atomic E-state index is 12.8. The van der Waals surface area contributed by atoms with Gasteiger partial charge in [-0.2, -0.15) is 0 Å². The summed E-state index contributed by atoms with van der Waals surface area (Å²) >= 11 is 0. The molecule has 7 heteroatoms. The molecule has 0 heterocycles. The number of anilines is 3. The molecule has 0 atom stereocenters. The summed E-state index contributed by atoms with van der Waals surface area (Å²) in [4.78, 5) is 17.4. The van der Waals surface area contributed by atoms with Crippen LogP contribution in [0.25, 0.3) is 0 Å². The van der Waals surface area contributed by atoms with E-state index in [1.807, 2.05) is 27.7 Å². The number of ketones is 1. The van der Waals surface area contributed by atoms with Crippen molar-refractivity contribution in [3.8, 4) is 0 Å². The zero-order valence-electron chi connectivity index (χ0n) is 17.8. The van der Waals surface area contributed by atoms with Gasteiger partial charge in [-0.25, -0.2) is 4.99 Å². The van der Waals surface area contributed by atoms with Crippen LogP contribution < -0.4 is 16.8 Å². The zero-order chi connectivity index (χ0) is 22.2. The van der Waals surface area contributed by atoms with Crippen LogP contribution in [0.2, 0.25) is 0 Å². The highest BCUT2D eigenvalue weighted by Crippen LogP contribution is 2.30. The summed E-state index contributed by atoms with van der Waals surface area (Å²) in [6, 6.07) is 7.12. The topological polar surface area (TPSA) is 123 Å². The van der Waals surface area contributed by atoms with Crippen LogP contribution in [0.15, 0.2) is 52.5 Å². The minimum atomic E-state index is -0.465. The van der Waals surface area contributed by atoms with Crippen LogP contribution in [0.3, 0.4) is 0 Å². The third kappa shape index (κ3) is 3.61. The molecule has 1 aliphatic rings. The predicted octanol–water partition coefficient (Wildman–Crippen LogP) is 4.15. The quantitative estimate of drug-likeness (QED) is 0.447. The van der Waals surface area contributed by atoms with Crippen molar-refractivity contribution in [1.29, 1.82) is 0 Å².